The summed E-state index contributed by atoms with van der Waals surface area (Å²) in [5.74, 6) is -1.35. The van der Waals surface area contributed by atoms with Crippen LogP contribution in [0.2, 0.25) is 0 Å². The predicted molar refractivity (Wildman–Crippen MR) is 57.1 cm³/mol. The summed E-state index contributed by atoms with van der Waals surface area (Å²) in [4.78, 5) is 10.8. The second kappa shape index (κ2) is 4.07. The van der Waals surface area contributed by atoms with Crippen LogP contribution in [0.3, 0.4) is 0 Å². The van der Waals surface area contributed by atoms with Crippen molar-refractivity contribution in [3.05, 3.63) is 35.9 Å². The largest absolute Gasteiger partial charge is 0.506 e. The topological polar surface area (TPSA) is 91.7 Å². The van der Waals surface area contributed by atoms with Gasteiger partial charge in [-0.1, -0.05) is 12.6 Å². The van der Waals surface area contributed by atoms with Crippen molar-refractivity contribution < 1.29 is 22.9 Å². The van der Waals surface area contributed by atoms with Gasteiger partial charge in [0.1, 0.15) is 10.6 Å². The van der Waals surface area contributed by atoms with Gasteiger partial charge < -0.3 is 5.11 Å². The number of hydrogen-bond donors (Lipinski definition) is 2. The number of rotatable bonds is 3. The highest BCUT2D eigenvalue weighted by atomic mass is 32.2. The van der Waals surface area contributed by atoms with Crippen molar-refractivity contribution >= 4 is 15.9 Å². The monoisotopic (exact) mass is 242 g/mol. The van der Waals surface area contributed by atoms with Crippen molar-refractivity contribution in [1.29, 1.82) is 0 Å². The van der Waals surface area contributed by atoms with E-state index in [1.807, 2.05) is 0 Å². The highest BCUT2D eigenvalue weighted by Crippen LogP contribution is 2.27. The van der Waals surface area contributed by atoms with Crippen LogP contribution in [0.4, 0.5) is 0 Å². The van der Waals surface area contributed by atoms with Crippen molar-refractivity contribution in [3.8, 4) is 5.75 Å². The molecule has 0 saturated carbocycles. The molecule has 86 valence electrons. The fourth-order valence-corrected chi connectivity index (χ4v) is 1.75. The number of allylic oxidation sites excluding steroid dienone is 1. The molecule has 0 atom stereocenters. The van der Waals surface area contributed by atoms with Crippen LogP contribution in [0.1, 0.15) is 17.3 Å². The predicted octanol–water partition coefficient (Wildman–Crippen LogP) is 1.40. The Balaban J connectivity index is 3.48. The minimum absolute atomic E-state index is 0.155. The Morgan fingerprint density at radius 3 is 2.38 bits per heavy atom. The lowest BCUT2D eigenvalue weighted by Crippen LogP contribution is -2.04. The van der Waals surface area contributed by atoms with Crippen LogP contribution < -0.4 is 0 Å². The number of aromatic hydroxyl groups is 1. The van der Waals surface area contributed by atoms with E-state index in [2.05, 4.69) is 6.58 Å². The van der Waals surface area contributed by atoms with Crippen molar-refractivity contribution in [2.75, 3.05) is 0 Å². The molecule has 5 nitrogen and oxygen atoms in total. The average molecular weight is 242 g/mol. The summed E-state index contributed by atoms with van der Waals surface area (Å²) in [5.41, 5.74) is -0.0505. The molecule has 0 aliphatic rings. The molecule has 0 aliphatic heterocycles. The van der Waals surface area contributed by atoms with Gasteiger partial charge in [0.15, 0.2) is 5.78 Å². The minimum atomic E-state index is -4.55. The quantitative estimate of drug-likeness (QED) is 0.475. The fraction of sp³-hybridized carbons (Fsp3) is 0.100. The van der Waals surface area contributed by atoms with Crippen molar-refractivity contribution in [3.63, 3.8) is 0 Å². The Labute approximate surface area is 92.8 Å². The van der Waals surface area contributed by atoms with Crippen molar-refractivity contribution in [2.24, 2.45) is 0 Å². The van der Waals surface area contributed by atoms with E-state index in [-0.39, 0.29) is 11.1 Å². The molecule has 16 heavy (non-hydrogen) atoms. The van der Waals surface area contributed by atoms with E-state index in [4.69, 9.17) is 4.55 Å². The Morgan fingerprint density at radius 2 is 1.94 bits per heavy atom. The number of carbonyl (C=O) groups excluding carboxylic acids is 1. The smallest absolute Gasteiger partial charge is 0.298 e. The summed E-state index contributed by atoms with van der Waals surface area (Å²) in [7, 11) is -4.55. The lowest BCUT2D eigenvalue weighted by molar-refractivity contribution is 0.103. The first-order valence-corrected chi connectivity index (χ1v) is 5.69. The normalized spacial score (nSPS) is 11.1. The van der Waals surface area contributed by atoms with Crippen LogP contribution in [0, 0.1) is 0 Å². The third-order valence-corrected chi connectivity index (χ3v) is 2.79. The van der Waals surface area contributed by atoms with Gasteiger partial charge in [0, 0.05) is 0 Å². The Kier molecular flexibility index (Phi) is 3.16. The SMILES string of the molecule is C=C(C)C(=O)c1cccc(S(=O)(=O)O)c1O. The summed E-state index contributed by atoms with van der Waals surface area (Å²) >= 11 is 0. The van der Waals surface area contributed by atoms with Gasteiger partial charge in [-0.05, 0) is 24.6 Å². The van der Waals surface area contributed by atoms with E-state index in [1.54, 1.807) is 0 Å². The van der Waals surface area contributed by atoms with Gasteiger partial charge in [0.2, 0.25) is 0 Å². The molecule has 1 rings (SSSR count). The molecule has 0 saturated heterocycles. The van der Waals surface area contributed by atoms with E-state index in [1.165, 1.54) is 19.1 Å². The lowest BCUT2D eigenvalue weighted by atomic mass is 10.1. The number of hydrogen-bond acceptors (Lipinski definition) is 4. The van der Waals surface area contributed by atoms with Crippen LogP contribution in [0.25, 0.3) is 0 Å². The summed E-state index contributed by atoms with van der Waals surface area (Å²) in [6, 6.07) is 3.50. The third kappa shape index (κ3) is 2.29. The summed E-state index contributed by atoms with van der Waals surface area (Å²) in [6.07, 6.45) is 0. The van der Waals surface area contributed by atoms with Crippen LogP contribution >= 0.6 is 0 Å². The number of carbonyl (C=O) groups is 1. The van der Waals surface area contributed by atoms with Gasteiger partial charge in [-0.15, -0.1) is 0 Å². The van der Waals surface area contributed by atoms with Gasteiger partial charge in [-0.25, -0.2) is 0 Å². The molecule has 0 unspecified atom stereocenters. The van der Waals surface area contributed by atoms with Crippen LogP contribution in [-0.4, -0.2) is 23.9 Å². The van der Waals surface area contributed by atoms with Gasteiger partial charge in [0.25, 0.3) is 10.1 Å². The minimum Gasteiger partial charge on any atom is -0.506 e. The number of para-hydroxylation sites is 1. The molecule has 0 heterocycles. The third-order valence-electron chi connectivity index (χ3n) is 1.91. The second-order valence-corrected chi connectivity index (χ2v) is 4.63. The molecule has 0 fully saturated rings. The van der Waals surface area contributed by atoms with Gasteiger partial charge >= 0.3 is 0 Å². The van der Waals surface area contributed by atoms with E-state index in [0.29, 0.717) is 0 Å². The molecule has 0 aliphatic carbocycles. The average Bonchev–Trinajstić information content (AvgIpc) is 2.15. The second-order valence-electron chi connectivity index (χ2n) is 3.24. The fourth-order valence-electron chi connectivity index (χ4n) is 1.14. The molecule has 1 aromatic carbocycles. The maximum Gasteiger partial charge on any atom is 0.298 e. The standard InChI is InChI=1S/C10H10O5S/c1-6(2)9(11)7-4-3-5-8(10(7)12)16(13,14)15/h3-5,12H,1H2,2H3,(H,13,14,15). The molecule has 6 heteroatoms. The van der Waals surface area contributed by atoms with Gasteiger partial charge in [-0.3, -0.25) is 9.35 Å². The molecule has 0 aromatic heterocycles. The van der Waals surface area contributed by atoms with Gasteiger partial charge in [0.05, 0.1) is 5.56 Å². The molecule has 0 spiro atoms. The van der Waals surface area contributed by atoms with Crippen LogP contribution in [0.15, 0.2) is 35.2 Å². The zero-order chi connectivity index (χ0) is 12.5. The first-order chi connectivity index (χ1) is 7.25. The van der Waals surface area contributed by atoms with E-state index < -0.39 is 26.5 Å². The highest BCUT2D eigenvalue weighted by molar-refractivity contribution is 7.86. The molecular weight excluding hydrogens is 232 g/mol. The molecule has 0 amide bonds. The maximum atomic E-state index is 11.5. The van der Waals surface area contributed by atoms with Crippen molar-refractivity contribution in [2.45, 2.75) is 11.8 Å². The highest BCUT2D eigenvalue weighted by Gasteiger charge is 2.21. The van der Waals surface area contributed by atoms with Crippen molar-refractivity contribution in [1.82, 2.24) is 0 Å². The number of phenols is 1. The van der Waals surface area contributed by atoms with Gasteiger partial charge in [-0.2, -0.15) is 8.42 Å². The zero-order valence-electron chi connectivity index (χ0n) is 8.47. The Bertz CT molecular complexity index is 557. The molecule has 0 bridgehead atoms. The summed E-state index contributed by atoms with van der Waals surface area (Å²) in [5, 5.41) is 9.54. The molecule has 0 radical (unpaired) electrons. The number of ketones is 1. The Morgan fingerprint density at radius 1 is 1.38 bits per heavy atom. The Hall–Kier alpha value is -1.66. The van der Waals surface area contributed by atoms with Crippen LogP contribution in [0.5, 0.6) is 5.75 Å². The van der Waals surface area contributed by atoms with E-state index in [9.17, 15) is 18.3 Å². The summed E-state index contributed by atoms with van der Waals surface area (Å²) in [6.45, 7) is 4.82. The summed E-state index contributed by atoms with van der Waals surface area (Å²) < 4.78 is 30.5. The lowest BCUT2D eigenvalue weighted by Gasteiger charge is -2.06. The van der Waals surface area contributed by atoms with Crippen LogP contribution in [-0.2, 0) is 10.1 Å². The van der Waals surface area contributed by atoms with E-state index in [0.717, 1.165) is 6.07 Å². The number of benzene rings is 1. The molecular formula is C10H10O5S. The molecule has 1 aromatic rings. The number of phenolic OH excluding ortho intramolecular Hbond substituents is 1. The number of Topliss-reactive ketones (excluding diaryl/α,β-unsaturated/α-hetero) is 1. The zero-order valence-corrected chi connectivity index (χ0v) is 9.28. The maximum absolute atomic E-state index is 11.5. The first kappa shape index (κ1) is 12.4. The first-order valence-electron chi connectivity index (χ1n) is 4.25. The van der Waals surface area contributed by atoms with E-state index >= 15 is 0 Å². The molecule has 2 N–H and O–H groups in total.